The van der Waals surface area contributed by atoms with Gasteiger partial charge in [0.1, 0.15) is 5.82 Å². The molecule has 31 heavy (non-hydrogen) atoms. The number of carboxylic acids is 1. The van der Waals surface area contributed by atoms with Gasteiger partial charge >= 0.3 is 5.97 Å². The van der Waals surface area contributed by atoms with Gasteiger partial charge in [0.05, 0.1) is 5.41 Å². The van der Waals surface area contributed by atoms with E-state index in [0.717, 1.165) is 74.4 Å². The standard InChI is InChI=1S/C26H34N2O2.ClH/c1-15-27-14-17-12-22-16(13-24(17)28-15)5-6-18-19(22)7-8-21-20(18)9-11-26(25(29)30)10-3-2-4-23(21)26;/h8,14,16,18-20,22-23H,2-7,9-13H2,1H3,(H,29,30);1H. The summed E-state index contributed by atoms with van der Waals surface area (Å²) >= 11 is 0. The number of fused-ring (bicyclic) bond motifs is 8. The molecule has 5 aliphatic rings. The van der Waals surface area contributed by atoms with E-state index in [1.54, 1.807) is 5.57 Å². The van der Waals surface area contributed by atoms with Crippen LogP contribution in [0.5, 0.6) is 0 Å². The number of carboxylic acid groups (broad SMARTS) is 1. The summed E-state index contributed by atoms with van der Waals surface area (Å²) in [7, 11) is 0. The first kappa shape index (κ1) is 21.4. The van der Waals surface area contributed by atoms with Crippen molar-refractivity contribution in [3.8, 4) is 0 Å². The smallest absolute Gasteiger partial charge is 0.310 e. The average Bonchev–Trinajstić information content (AvgIpc) is 2.76. The molecule has 4 nitrogen and oxygen atoms in total. The Morgan fingerprint density at radius 3 is 2.77 bits per heavy atom. The van der Waals surface area contributed by atoms with Crippen LogP contribution in [0.1, 0.15) is 74.9 Å². The molecule has 0 aromatic carbocycles. The molecular weight excluding hydrogens is 408 g/mol. The second kappa shape index (κ2) is 7.86. The molecule has 1 N–H and O–H groups in total. The Morgan fingerprint density at radius 1 is 1.06 bits per heavy atom. The minimum Gasteiger partial charge on any atom is -0.481 e. The first-order valence-corrected chi connectivity index (χ1v) is 12.3. The van der Waals surface area contributed by atoms with E-state index < -0.39 is 11.4 Å². The molecule has 6 rings (SSSR count). The molecule has 5 aliphatic carbocycles. The van der Waals surface area contributed by atoms with Crippen molar-refractivity contribution in [3.63, 3.8) is 0 Å². The quantitative estimate of drug-likeness (QED) is 0.578. The van der Waals surface area contributed by atoms with Gasteiger partial charge in [-0.2, -0.15) is 0 Å². The molecule has 3 fully saturated rings. The summed E-state index contributed by atoms with van der Waals surface area (Å²) in [6.45, 7) is 2.00. The zero-order chi connectivity index (χ0) is 20.5. The fourth-order valence-electron chi connectivity index (χ4n) is 8.57. The van der Waals surface area contributed by atoms with E-state index in [4.69, 9.17) is 4.98 Å². The molecule has 7 atom stereocenters. The fraction of sp³-hybridized carbons (Fsp3) is 0.731. The van der Waals surface area contributed by atoms with Crippen LogP contribution in [0.4, 0.5) is 0 Å². The van der Waals surface area contributed by atoms with Gasteiger partial charge in [0.2, 0.25) is 0 Å². The highest BCUT2D eigenvalue weighted by molar-refractivity contribution is 5.85. The second-order valence-electron chi connectivity index (χ2n) is 11.0. The minimum atomic E-state index is -0.517. The largest absolute Gasteiger partial charge is 0.481 e. The van der Waals surface area contributed by atoms with Crippen molar-refractivity contribution in [3.05, 3.63) is 34.9 Å². The molecule has 0 radical (unpaired) electrons. The van der Waals surface area contributed by atoms with Crippen molar-refractivity contribution in [1.82, 2.24) is 9.97 Å². The lowest BCUT2D eigenvalue weighted by Crippen LogP contribution is -2.51. The van der Waals surface area contributed by atoms with Crippen molar-refractivity contribution in [2.24, 2.45) is 40.9 Å². The predicted octanol–water partition coefficient (Wildman–Crippen LogP) is 5.57. The first-order valence-electron chi connectivity index (χ1n) is 12.3. The molecule has 7 unspecified atom stereocenters. The van der Waals surface area contributed by atoms with Crippen LogP contribution in [0.3, 0.4) is 0 Å². The maximum Gasteiger partial charge on any atom is 0.310 e. The van der Waals surface area contributed by atoms with Crippen molar-refractivity contribution < 1.29 is 9.90 Å². The third-order valence-electron chi connectivity index (χ3n) is 9.90. The van der Waals surface area contributed by atoms with Crippen LogP contribution in [0.2, 0.25) is 0 Å². The monoisotopic (exact) mass is 442 g/mol. The van der Waals surface area contributed by atoms with Crippen LogP contribution in [-0.2, 0) is 17.6 Å². The maximum absolute atomic E-state index is 12.4. The Bertz CT molecular complexity index is 915. The highest BCUT2D eigenvalue weighted by atomic mass is 35.5. The van der Waals surface area contributed by atoms with E-state index in [9.17, 15) is 9.90 Å². The topological polar surface area (TPSA) is 63.1 Å². The third kappa shape index (κ3) is 3.19. The second-order valence-corrected chi connectivity index (χ2v) is 11.0. The van der Waals surface area contributed by atoms with Gasteiger partial charge in [-0.15, -0.1) is 12.4 Å². The summed E-state index contributed by atoms with van der Waals surface area (Å²) in [4.78, 5) is 21.6. The Morgan fingerprint density at radius 2 is 1.94 bits per heavy atom. The molecule has 1 aromatic heterocycles. The van der Waals surface area contributed by atoms with Gasteiger partial charge in [0.25, 0.3) is 0 Å². The zero-order valence-corrected chi connectivity index (χ0v) is 19.4. The number of carbonyl (C=O) groups is 1. The summed E-state index contributed by atoms with van der Waals surface area (Å²) < 4.78 is 0. The van der Waals surface area contributed by atoms with Gasteiger partial charge in [-0.25, -0.2) is 9.97 Å². The molecule has 0 amide bonds. The first-order chi connectivity index (χ1) is 14.6. The number of aryl methyl sites for hydroxylation is 1. The molecule has 0 saturated heterocycles. The van der Waals surface area contributed by atoms with E-state index in [-0.39, 0.29) is 12.4 Å². The Kier molecular flexibility index (Phi) is 5.44. The van der Waals surface area contributed by atoms with E-state index >= 15 is 0 Å². The van der Waals surface area contributed by atoms with Crippen molar-refractivity contribution >= 4 is 18.4 Å². The number of nitrogens with zero attached hydrogens (tertiary/aromatic N) is 2. The molecule has 0 bridgehead atoms. The Hall–Kier alpha value is -1.42. The lowest BCUT2D eigenvalue weighted by Gasteiger charge is -2.56. The average molecular weight is 443 g/mol. The Labute approximate surface area is 191 Å². The van der Waals surface area contributed by atoms with Gasteiger partial charge in [-0.1, -0.05) is 24.5 Å². The van der Waals surface area contributed by atoms with Crippen molar-refractivity contribution in [2.45, 2.75) is 77.6 Å². The summed E-state index contributed by atoms with van der Waals surface area (Å²) in [6.07, 6.45) is 17.1. The molecule has 5 heteroatoms. The lowest BCUT2D eigenvalue weighted by molar-refractivity contribution is -0.157. The maximum atomic E-state index is 12.4. The summed E-state index contributed by atoms with van der Waals surface area (Å²) in [5.74, 6) is 4.43. The summed E-state index contributed by atoms with van der Waals surface area (Å²) in [5, 5.41) is 10.2. The van der Waals surface area contributed by atoms with E-state index in [2.05, 4.69) is 17.3 Å². The van der Waals surface area contributed by atoms with E-state index in [0.29, 0.717) is 11.8 Å². The molecular formula is C26H35ClN2O2. The van der Waals surface area contributed by atoms with Gasteiger partial charge in [-0.05, 0) is 106 Å². The molecule has 1 heterocycles. The molecule has 3 saturated carbocycles. The third-order valence-corrected chi connectivity index (χ3v) is 9.90. The van der Waals surface area contributed by atoms with Crippen molar-refractivity contribution in [2.75, 3.05) is 0 Å². The van der Waals surface area contributed by atoms with Crippen molar-refractivity contribution in [1.29, 1.82) is 0 Å². The normalized spacial score (nSPS) is 40.6. The van der Waals surface area contributed by atoms with Gasteiger partial charge < -0.3 is 5.11 Å². The number of aromatic nitrogens is 2. The summed E-state index contributed by atoms with van der Waals surface area (Å²) in [5.41, 5.74) is 3.81. The van der Waals surface area contributed by atoms with Gasteiger partial charge in [-0.3, -0.25) is 4.79 Å². The molecule has 0 aliphatic heterocycles. The van der Waals surface area contributed by atoms with Crippen LogP contribution >= 0.6 is 12.4 Å². The minimum absolute atomic E-state index is 0. The van der Waals surface area contributed by atoms with E-state index in [1.165, 1.54) is 36.9 Å². The summed E-state index contributed by atoms with van der Waals surface area (Å²) in [6, 6.07) is 0. The molecule has 1 aromatic rings. The van der Waals surface area contributed by atoms with Crippen LogP contribution in [0.15, 0.2) is 17.8 Å². The number of aliphatic carboxylic acids is 1. The highest BCUT2D eigenvalue weighted by Gasteiger charge is 2.56. The van der Waals surface area contributed by atoms with Crippen LogP contribution in [0, 0.1) is 47.8 Å². The molecule has 168 valence electrons. The van der Waals surface area contributed by atoms with Crippen LogP contribution in [-0.4, -0.2) is 21.0 Å². The number of halogens is 1. The van der Waals surface area contributed by atoms with E-state index in [1.807, 2.05) is 6.92 Å². The lowest BCUT2D eigenvalue weighted by atomic mass is 9.48. The van der Waals surface area contributed by atoms with Crippen LogP contribution in [0.25, 0.3) is 0 Å². The predicted molar refractivity (Wildman–Crippen MR) is 122 cm³/mol. The number of allylic oxidation sites excluding steroid dienone is 2. The number of hydrogen-bond acceptors (Lipinski definition) is 3. The zero-order valence-electron chi connectivity index (χ0n) is 18.6. The molecule has 0 spiro atoms. The number of rotatable bonds is 1. The van der Waals surface area contributed by atoms with Crippen LogP contribution < -0.4 is 0 Å². The Balaban J connectivity index is 0.00000204. The number of hydrogen-bond donors (Lipinski definition) is 1. The fourth-order valence-corrected chi connectivity index (χ4v) is 8.57. The highest BCUT2D eigenvalue weighted by Crippen LogP contribution is 2.61. The SMILES string of the molecule is Cc1ncc2c(n1)CC1CCC3C4CCC5(C(=O)O)CCCCC5C4=CCC3C1C2.Cl. The van der Waals surface area contributed by atoms with Gasteiger partial charge in [0, 0.05) is 11.9 Å². The van der Waals surface area contributed by atoms with Gasteiger partial charge in [0.15, 0.2) is 0 Å².